The number of carbonyl (C=O) groups is 2. The van der Waals surface area contributed by atoms with Crippen LogP contribution in [0.15, 0.2) is 34.7 Å². The Morgan fingerprint density at radius 3 is 2.45 bits per heavy atom. The number of ether oxygens (including phenoxy) is 4. The van der Waals surface area contributed by atoms with E-state index in [1.165, 1.54) is 6.07 Å². The molecule has 3 aliphatic rings. The second kappa shape index (κ2) is 5.74. The van der Waals surface area contributed by atoms with Gasteiger partial charge in [0.2, 0.25) is 5.78 Å². The Balaban J connectivity index is 1.47. The van der Waals surface area contributed by atoms with Crippen molar-refractivity contribution in [3.05, 3.63) is 36.1 Å². The van der Waals surface area contributed by atoms with Gasteiger partial charge in [0.1, 0.15) is 23.4 Å². The highest BCUT2D eigenvalue weighted by Crippen LogP contribution is 2.54. The standard InChI is InChI=1S/C21H22O8/c1-19(2)21(24)17-16(27-20(3,4)28-17)15(26-18(21)29-19)14(23)13(22)12-9-10-7-5-6-8-11(10)25-12/h5-9,15-18,24H,1-4H3/t15-,16+,17+,18-,21-/m1/s1. The van der Waals surface area contributed by atoms with Crippen molar-refractivity contribution in [1.29, 1.82) is 0 Å². The van der Waals surface area contributed by atoms with Crippen LogP contribution in [-0.4, -0.2) is 58.3 Å². The summed E-state index contributed by atoms with van der Waals surface area (Å²) in [4.78, 5) is 25.9. The zero-order valence-corrected chi connectivity index (χ0v) is 16.5. The van der Waals surface area contributed by atoms with Crippen molar-refractivity contribution < 1.29 is 38.1 Å². The molecule has 154 valence electrons. The van der Waals surface area contributed by atoms with Crippen molar-refractivity contribution in [3.8, 4) is 0 Å². The number of benzene rings is 1. The fraction of sp³-hybridized carbons (Fsp3) is 0.524. The highest BCUT2D eigenvalue weighted by molar-refractivity contribution is 6.44. The number of furan rings is 1. The van der Waals surface area contributed by atoms with E-state index in [0.29, 0.717) is 11.0 Å². The van der Waals surface area contributed by atoms with E-state index in [4.69, 9.17) is 23.4 Å². The van der Waals surface area contributed by atoms with Gasteiger partial charge in [-0.05, 0) is 39.8 Å². The molecule has 0 radical (unpaired) electrons. The number of hydrogen-bond acceptors (Lipinski definition) is 8. The van der Waals surface area contributed by atoms with Crippen LogP contribution in [0.5, 0.6) is 0 Å². The van der Waals surface area contributed by atoms with Gasteiger partial charge in [0.25, 0.3) is 5.78 Å². The van der Waals surface area contributed by atoms with E-state index in [9.17, 15) is 14.7 Å². The van der Waals surface area contributed by atoms with Crippen LogP contribution in [0, 0.1) is 0 Å². The molecular weight excluding hydrogens is 380 g/mol. The Kier molecular flexibility index (Phi) is 3.74. The van der Waals surface area contributed by atoms with Crippen molar-refractivity contribution in [1.82, 2.24) is 0 Å². The van der Waals surface area contributed by atoms with Gasteiger partial charge in [0, 0.05) is 5.39 Å². The van der Waals surface area contributed by atoms with Crippen LogP contribution >= 0.6 is 0 Å². The number of Topliss-reactive ketones (excluding diaryl/α,β-unsaturated/α-hetero) is 2. The first kappa shape index (κ1) is 18.9. The topological polar surface area (TPSA) is 104 Å². The second-order valence-corrected chi connectivity index (χ2v) is 8.70. The van der Waals surface area contributed by atoms with Crippen LogP contribution in [0.4, 0.5) is 0 Å². The Bertz CT molecular complexity index is 988. The third kappa shape index (κ3) is 2.50. The second-order valence-electron chi connectivity index (χ2n) is 8.70. The molecule has 8 nitrogen and oxygen atoms in total. The van der Waals surface area contributed by atoms with E-state index in [1.807, 2.05) is 6.07 Å². The third-order valence-electron chi connectivity index (χ3n) is 5.99. The Hall–Kier alpha value is -2.10. The van der Waals surface area contributed by atoms with E-state index < -0.39 is 53.2 Å². The van der Waals surface area contributed by atoms with Crippen LogP contribution in [0.2, 0.25) is 0 Å². The molecule has 2 aromatic rings. The van der Waals surface area contributed by atoms with Gasteiger partial charge >= 0.3 is 0 Å². The lowest BCUT2D eigenvalue weighted by Gasteiger charge is -2.62. The van der Waals surface area contributed by atoms with Crippen molar-refractivity contribution >= 4 is 22.5 Å². The fourth-order valence-electron chi connectivity index (χ4n) is 4.40. The van der Waals surface area contributed by atoms with Crippen LogP contribution in [0.1, 0.15) is 38.2 Å². The van der Waals surface area contributed by atoms with E-state index in [-0.39, 0.29) is 5.76 Å². The van der Waals surface area contributed by atoms with Gasteiger partial charge in [-0.15, -0.1) is 0 Å². The molecule has 29 heavy (non-hydrogen) atoms. The average Bonchev–Trinajstić information content (AvgIpc) is 3.23. The summed E-state index contributed by atoms with van der Waals surface area (Å²) in [6.45, 7) is 6.78. The fourth-order valence-corrected chi connectivity index (χ4v) is 4.40. The maximum Gasteiger partial charge on any atom is 0.266 e. The Labute approximate surface area is 166 Å². The van der Waals surface area contributed by atoms with E-state index in [1.54, 1.807) is 45.9 Å². The average molecular weight is 402 g/mol. The molecule has 5 rings (SSSR count). The van der Waals surface area contributed by atoms with Gasteiger partial charge in [0.05, 0.1) is 0 Å². The van der Waals surface area contributed by atoms with Crippen molar-refractivity contribution in [2.45, 2.75) is 69.3 Å². The number of ketones is 2. The van der Waals surface area contributed by atoms with E-state index >= 15 is 0 Å². The predicted molar refractivity (Wildman–Crippen MR) is 98.2 cm³/mol. The zero-order valence-electron chi connectivity index (χ0n) is 16.5. The number of aliphatic hydroxyl groups is 1. The highest BCUT2D eigenvalue weighted by Gasteiger charge is 2.76. The Morgan fingerprint density at radius 1 is 1.03 bits per heavy atom. The summed E-state index contributed by atoms with van der Waals surface area (Å²) in [5.74, 6) is -2.81. The van der Waals surface area contributed by atoms with Gasteiger partial charge in [-0.1, -0.05) is 18.2 Å². The van der Waals surface area contributed by atoms with Gasteiger partial charge in [-0.25, -0.2) is 0 Å². The predicted octanol–water partition coefficient (Wildman–Crippen LogP) is 1.97. The number of para-hydroxylation sites is 1. The maximum atomic E-state index is 13.1. The minimum Gasteiger partial charge on any atom is -0.452 e. The molecule has 8 heteroatoms. The van der Waals surface area contributed by atoms with E-state index in [0.717, 1.165) is 0 Å². The van der Waals surface area contributed by atoms with Crippen molar-refractivity contribution in [3.63, 3.8) is 0 Å². The lowest BCUT2D eigenvalue weighted by molar-refractivity contribution is -0.458. The van der Waals surface area contributed by atoms with Crippen molar-refractivity contribution in [2.75, 3.05) is 0 Å². The largest absolute Gasteiger partial charge is 0.452 e. The summed E-state index contributed by atoms with van der Waals surface area (Å²) in [6.07, 6.45) is -4.25. The first-order chi connectivity index (χ1) is 13.5. The lowest BCUT2D eigenvalue weighted by Crippen LogP contribution is -2.83. The number of rotatable bonds is 3. The summed E-state index contributed by atoms with van der Waals surface area (Å²) in [6, 6.07) is 8.61. The Morgan fingerprint density at radius 2 is 1.76 bits per heavy atom. The summed E-state index contributed by atoms with van der Waals surface area (Å²) in [5.41, 5.74) is -1.96. The molecule has 1 aromatic heterocycles. The molecule has 0 spiro atoms. The van der Waals surface area contributed by atoms with Crippen molar-refractivity contribution in [2.24, 2.45) is 0 Å². The van der Waals surface area contributed by atoms with Gasteiger partial charge in [0.15, 0.2) is 29.5 Å². The third-order valence-corrected chi connectivity index (χ3v) is 5.99. The molecule has 3 fully saturated rings. The van der Waals surface area contributed by atoms with Gasteiger partial charge < -0.3 is 28.5 Å². The van der Waals surface area contributed by atoms with Crippen LogP contribution in [-0.2, 0) is 23.7 Å². The molecule has 0 bridgehead atoms. The minimum absolute atomic E-state index is 0.0785. The highest BCUT2D eigenvalue weighted by atomic mass is 16.8. The summed E-state index contributed by atoms with van der Waals surface area (Å²) < 4.78 is 28.7. The summed E-state index contributed by atoms with van der Waals surface area (Å²) in [5, 5.41) is 12.0. The molecule has 1 N–H and O–H groups in total. The molecule has 0 unspecified atom stereocenters. The molecule has 5 atom stereocenters. The van der Waals surface area contributed by atoms with Crippen LogP contribution in [0.25, 0.3) is 11.0 Å². The quantitative estimate of drug-likeness (QED) is 0.614. The van der Waals surface area contributed by atoms with Gasteiger partial charge in [-0.3, -0.25) is 9.59 Å². The van der Waals surface area contributed by atoms with Crippen LogP contribution in [0.3, 0.4) is 0 Å². The van der Waals surface area contributed by atoms with Crippen LogP contribution < -0.4 is 0 Å². The molecule has 1 aromatic carbocycles. The molecule has 4 heterocycles. The summed E-state index contributed by atoms with van der Waals surface area (Å²) in [7, 11) is 0. The zero-order chi connectivity index (χ0) is 20.8. The summed E-state index contributed by atoms with van der Waals surface area (Å²) >= 11 is 0. The SMILES string of the molecule is CC1(C)O[C@H]2[C@@H](C(=O)C(=O)c3cc4ccccc4o3)O[C@@H]3OC(C)(C)[C@@]3(O)[C@H]2O1. The van der Waals surface area contributed by atoms with Gasteiger partial charge in [-0.2, -0.15) is 0 Å². The molecular formula is C21H22O8. The number of carbonyl (C=O) groups excluding carboxylic acids is 2. The number of hydrogen-bond donors (Lipinski definition) is 1. The normalized spacial score (nSPS) is 36.9. The first-order valence-electron chi connectivity index (χ1n) is 9.52. The molecule has 3 aliphatic heterocycles. The van der Waals surface area contributed by atoms with E-state index in [2.05, 4.69) is 0 Å². The minimum atomic E-state index is -1.51. The molecule has 3 saturated heterocycles. The lowest BCUT2D eigenvalue weighted by atomic mass is 9.70. The molecule has 0 aliphatic carbocycles. The number of fused-ring (bicyclic) bond motifs is 4. The first-order valence-corrected chi connectivity index (χ1v) is 9.52. The molecule has 0 amide bonds. The smallest absolute Gasteiger partial charge is 0.266 e. The monoisotopic (exact) mass is 402 g/mol. The maximum absolute atomic E-state index is 13.1. The molecule has 0 saturated carbocycles.